The van der Waals surface area contributed by atoms with Crippen LogP contribution < -0.4 is 0 Å². The van der Waals surface area contributed by atoms with E-state index < -0.39 is 16.3 Å². The van der Waals surface area contributed by atoms with Crippen LogP contribution in [0.3, 0.4) is 0 Å². The first-order chi connectivity index (χ1) is 4.54. The minimum Gasteiger partial charge on any atom is -0.150 e. The minimum atomic E-state index is -2.35. The summed E-state index contributed by atoms with van der Waals surface area (Å²) in [6, 6.07) is 0. The van der Waals surface area contributed by atoms with Crippen LogP contribution in [-0.4, -0.2) is 25.8 Å². The maximum atomic E-state index is 9.74. The van der Waals surface area contributed by atoms with E-state index in [0.29, 0.717) is 0 Å². The van der Waals surface area contributed by atoms with Gasteiger partial charge in [0.05, 0.1) is 14.2 Å². The molecule has 0 bridgehead atoms. The van der Waals surface area contributed by atoms with E-state index in [1.165, 1.54) is 20.9 Å². The summed E-state index contributed by atoms with van der Waals surface area (Å²) in [6.45, 7) is 1.51. The zero-order valence-electron chi connectivity index (χ0n) is 5.97. The molecule has 0 aliphatic rings. The highest BCUT2D eigenvalue weighted by molar-refractivity contribution is 7.38. The van der Waals surface area contributed by atoms with Gasteiger partial charge in [0.1, 0.15) is 0 Å². The summed E-state index contributed by atoms with van der Waals surface area (Å²) >= 11 is 0. The van der Waals surface area contributed by atoms with Gasteiger partial charge in [-0.25, -0.2) is 0 Å². The highest BCUT2D eigenvalue weighted by Crippen LogP contribution is 2.10. The summed E-state index contributed by atoms with van der Waals surface area (Å²) in [7, 11) is -1.12. The molecular weight excluding hydrogens is 202 g/mol. The Morgan fingerprint density at radius 1 is 1.08 bits per heavy atom. The summed E-state index contributed by atoms with van der Waals surface area (Å²) < 4.78 is 27.1. The molecule has 76 valence electrons. The predicted molar refractivity (Wildman–Crippen MR) is 50.8 cm³/mol. The molecule has 0 amide bonds. The van der Waals surface area contributed by atoms with Gasteiger partial charge in [0, 0.05) is 4.57 Å². The molecular formula is C5H18O5P2+2. The van der Waals surface area contributed by atoms with Crippen molar-refractivity contribution >= 4 is 16.3 Å². The lowest BCUT2D eigenvalue weighted by molar-refractivity contribution is 0.343. The van der Waals surface area contributed by atoms with E-state index in [1.807, 2.05) is 0 Å². The van der Waals surface area contributed by atoms with Crippen molar-refractivity contribution in [1.29, 1.82) is 0 Å². The van der Waals surface area contributed by atoms with Crippen molar-refractivity contribution in [3.05, 3.63) is 0 Å². The van der Waals surface area contributed by atoms with Gasteiger partial charge in [0.2, 0.25) is 0 Å². The average Bonchev–Trinajstić information content (AvgIpc) is 1.89. The topological polar surface area (TPSA) is 72.8 Å². The second-order valence-electron chi connectivity index (χ2n) is 1.04. The van der Waals surface area contributed by atoms with Gasteiger partial charge in [0.25, 0.3) is 0 Å². The lowest BCUT2D eigenvalue weighted by atomic mass is 11.8. The third kappa shape index (κ3) is 49.9. The molecule has 0 fully saturated rings. The van der Waals surface area contributed by atoms with Gasteiger partial charge in [-0.1, -0.05) is 14.9 Å². The molecule has 0 radical (unpaired) electrons. The summed E-state index contributed by atoms with van der Waals surface area (Å²) in [5, 5.41) is 0. The molecule has 7 heteroatoms. The Balaban J connectivity index is -0.0000000457. The first-order valence-electron chi connectivity index (χ1n) is 2.19. The van der Waals surface area contributed by atoms with Gasteiger partial charge in [-0.05, 0) is 4.57 Å². The fourth-order valence-electron chi connectivity index (χ4n) is 0. The number of hydrogen-bond acceptors (Lipinski definition) is 4. The van der Waals surface area contributed by atoms with Gasteiger partial charge in [-0.3, -0.25) is 0 Å². The quantitative estimate of drug-likeness (QED) is 0.724. The van der Waals surface area contributed by atoms with Gasteiger partial charge in [0.15, 0.2) is 6.66 Å². The van der Waals surface area contributed by atoms with Crippen molar-refractivity contribution in [2.75, 3.05) is 20.9 Å². The lowest BCUT2D eigenvalue weighted by Crippen LogP contribution is -1.57. The van der Waals surface area contributed by atoms with Crippen LogP contribution in [0.5, 0.6) is 0 Å². The summed E-state index contributed by atoms with van der Waals surface area (Å²) in [4.78, 5) is 7.65. The van der Waals surface area contributed by atoms with E-state index in [4.69, 9.17) is 4.89 Å². The monoisotopic (exact) mass is 220 g/mol. The summed E-state index contributed by atoms with van der Waals surface area (Å²) in [5.41, 5.74) is 0. The van der Waals surface area contributed by atoms with Crippen molar-refractivity contribution in [2.45, 2.75) is 14.9 Å². The molecule has 2 unspecified atom stereocenters. The predicted octanol–water partition coefficient (Wildman–Crippen LogP) is 2.56. The third-order valence-electron chi connectivity index (χ3n) is 0.413. The SMILES string of the molecule is C.C.CO[P+](=O)O.CO[P+](C)=O. The molecule has 0 aromatic rings. The van der Waals surface area contributed by atoms with Crippen LogP contribution in [0.2, 0.25) is 0 Å². The van der Waals surface area contributed by atoms with Crippen molar-refractivity contribution in [2.24, 2.45) is 0 Å². The Hall–Kier alpha value is 0.0800. The van der Waals surface area contributed by atoms with Crippen LogP contribution in [0.1, 0.15) is 14.9 Å². The molecule has 0 saturated carbocycles. The Morgan fingerprint density at radius 2 is 1.25 bits per heavy atom. The third-order valence-corrected chi connectivity index (χ3v) is 1.24. The highest BCUT2D eigenvalue weighted by Gasteiger charge is 2.02. The second-order valence-corrected chi connectivity index (χ2v) is 3.13. The molecule has 5 nitrogen and oxygen atoms in total. The van der Waals surface area contributed by atoms with Crippen molar-refractivity contribution < 1.29 is 23.1 Å². The Morgan fingerprint density at radius 3 is 1.25 bits per heavy atom. The van der Waals surface area contributed by atoms with Gasteiger partial charge in [-0.2, -0.15) is 0 Å². The van der Waals surface area contributed by atoms with E-state index in [0.717, 1.165) is 0 Å². The average molecular weight is 220 g/mol. The van der Waals surface area contributed by atoms with E-state index in [2.05, 4.69) is 9.05 Å². The van der Waals surface area contributed by atoms with Crippen LogP contribution in [0.25, 0.3) is 0 Å². The van der Waals surface area contributed by atoms with Crippen molar-refractivity contribution in [1.82, 2.24) is 0 Å². The normalized spacial score (nSPS) is 9.33. The highest BCUT2D eigenvalue weighted by atomic mass is 31.1. The molecule has 0 aliphatic heterocycles. The summed E-state index contributed by atoms with van der Waals surface area (Å²) in [6.07, 6.45) is 0. The van der Waals surface area contributed by atoms with Gasteiger partial charge in [-0.15, -0.1) is 13.9 Å². The Labute approximate surface area is 75.9 Å². The standard InChI is InChI=1S/C2H6O2P.CH3O3P.2CH4/c2*1-4-5(2)3;;/h1-2H3;1H3;2*1H4/q+1;;;/p+1. The fourth-order valence-corrected chi connectivity index (χ4v) is 0. The number of hydrogen-bond donors (Lipinski definition) is 1. The van der Waals surface area contributed by atoms with Gasteiger partial charge >= 0.3 is 16.3 Å². The zero-order chi connectivity index (χ0) is 8.57. The van der Waals surface area contributed by atoms with E-state index in [-0.39, 0.29) is 14.9 Å². The molecule has 0 spiro atoms. The van der Waals surface area contributed by atoms with Crippen LogP contribution in [0, 0.1) is 0 Å². The molecule has 2 atom stereocenters. The van der Waals surface area contributed by atoms with Crippen LogP contribution >= 0.6 is 16.3 Å². The maximum Gasteiger partial charge on any atom is 0.694 e. The Kier molecular flexibility index (Phi) is 32.6. The van der Waals surface area contributed by atoms with E-state index in [9.17, 15) is 9.13 Å². The molecule has 0 rings (SSSR count). The van der Waals surface area contributed by atoms with Crippen LogP contribution in [-0.2, 0) is 18.2 Å². The smallest absolute Gasteiger partial charge is 0.150 e. The van der Waals surface area contributed by atoms with Crippen LogP contribution in [0.4, 0.5) is 0 Å². The minimum absolute atomic E-state index is 0. The first-order valence-corrected chi connectivity index (χ1v) is 4.95. The Bertz CT molecular complexity index is 102. The molecule has 12 heavy (non-hydrogen) atoms. The molecule has 1 N–H and O–H groups in total. The van der Waals surface area contributed by atoms with Crippen molar-refractivity contribution in [3.8, 4) is 0 Å². The summed E-state index contributed by atoms with van der Waals surface area (Å²) in [5.74, 6) is 0. The van der Waals surface area contributed by atoms with Crippen molar-refractivity contribution in [3.63, 3.8) is 0 Å². The molecule has 0 heterocycles. The molecule has 0 saturated heterocycles. The largest absolute Gasteiger partial charge is 0.694 e. The first kappa shape index (κ1) is 22.7. The molecule has 0 aliphatic carbocycles. The fraction of sp³-hybridized carbons (Fsp3) is 1.00. The second kappa shape index (κ2) is 17.2. The number of rotatable bonds is 2. The lowest BCUT2D eigenvalue weighted by Gasteiger charge is -1.58. The van der Waals surface area contributed by atoms with E-state index in [1.54, 1.807) is 0 Å². The van der Waals surface area contributed by atoms with Crippen LogP contribution in [0.15, 0.2) is 0 Å². The van der Waals surface area contributed by atoms with E-state index >= 15 is 0 Å². The molecule has 0 aromatic heterocycles. The zero-order valence-corrected chi connectivity index (χ0v) is 7.76. The van der Waals surface area contributed by atoms with Gasteiger partial charge < -0.3 is 0 Å². The molecule has 0 aromatic carbocycles. The maximum absolute atomic E-state index is 9.74.